The Bertz CT molecular complexity index is 620. The van der Waals surface area contributed by atoms with Crippen molar-refractivity contribution in [1.29, 1.82) is 5.26 Å². The fourth-order valence-corrected chi connectivity index (χ4v) is 2.43. The van der Waals surface area contributed by atoms with Crippen molar-refractivity contribution in [3.8, 4) is 6.07 Å². The van der Waals surface area contributed by atoms with Crippen molar-refractivity contribution in [3.63, 3.8) is 0 Å². The standard InChI is InChI=1S/C17H19FN2O4/c1-12(24-17(22)15-4-2-11-23-15)16(21)20(10-3-9-19)14-7-5-13(18)6-8-14/h5-8,12,15H,2-4,10-11H2,1H3/t12?,15-/m0/s1. The van der Waals surface area contributed by atoms with E-state index in [2.05, 4.69) is 0 Å². The molecule has 0 radical (unpaired) electrons. The first-order chi connectivity index (χ1) is 11.5. The van der Waals surface area contributed by atoms with Crippen LogP contribution in [0.3, 0.4) is 0 Å². The molecular formula is C17H19FN2O4. The number of carbonyl (C=O) groups excluding carboxylic acids is 2. The first kappa shape index (κ1) is 17.9. The largest absolute Gasteiger partial charge is 0.451 e. The second-order valence-electron chi connectivity index (χ2n) is 5.46. The average Bonchev–Trinajstić information content (AvgIpc) is 3.11. The summed E-state index contributed by atoms with van der Waals surface area (Å²) in [6, 6.07) is 7.30. The highest BCUT2D eigenvalue weighted by atomic mass is 19.1. The van der Waals surface area contributed by atoms with Crippen LogP contribution in [-0.2, 0) is 19.1 Å². The van der Waals surface area contributed by atoms with Crippen molar-refractivity contribution in [2.45, 2.75) is 38.4 Å². The minimum Gasteiger partial charge on any atom is -0.451 e. The number of nitriles is 1. The van der Waals surface area contributed by atoms with Gasteiger partial charge in [0.1, 0.15) is 5.82 Å². The van der Waals surface area contributed by atoms with Crippen molar-refractivity contribution < 1.29 is 23.5 Å². The van der Waals surface area contributed by atoms with Gasteiger partial charge in [-0.3, -0.25) is 4.79 Å². The summed E-state index contributed by atoms with van der Waals surface area (Å²) < 4.78 is 23.5. The molecule has 0 bridgehead atoms. The predicted octanol–water partition coefficient (Wildman–Crippen LogP) is 2.18. The van der Waals surface area contributed by atoms with Crippen LogP contribution in [0.25, 0.3) is 0 Å². The van der Waals surface area contributed by atoms with Gasteiger partial charge in [-0.15, -0.1) is 0 Å². The van der Waals surface area contributed by atoms with E-state index < -0.39 is 29.9 Å². The third kappa shape index (κ3) is 4.52. The number of rotatable bonds is 6. The molecule has 1 heterocycles. The zero-order valence-corrected chi connectivity index (χ0v) is 13.4. The molecule has 0 aromatic heterocycles. The molecular weight excluding hydrogens is 315 g/mol. The van der Waals surface area contributed by atoms with Gasteiger partial charge < -0.3 is 14.4 Å². The van der Waals surface area contributed by atoms with Gasteiger partial charge in [0.2, 0.25) is 0 Å². The number of amides is 1. The van der Waals surface area contributed by atoms with Crippen molar-refractivity contribution in [2.24, 2.45) is 0 Å². The molecule has 1 saturated heterocycles. The Morgan fingerprint density at radius 2 is 2.17 bits per heavy atom. The molecule has 1 aromatic carbocycles. The Labute approximate surface area is 139 Å². The quantitative estimate of drug-likeness (QED) is 0.745. The van der Waals surface area contributed by atoms with E-state index in [1.54, 1.807) is 0 Å². The Hall–Kier alpha value is -2.46. The normalized spacial score (nSPS) is 17.8. The molecule has 1 fully saturated rings. The molecule has 1 amide bonds. The van der Waals surface area contributed by atoms with Crippen LogP contribution in [0, 0.1) is 17.1 Å². The minimum atomic E-state index is -1.02. The summed E-state index contributed by atoms with van der Waals surface area (Å²) >= 11 is 0. The van der Waals surface area contributed by atoms with Crippen molar-refractivity contribution in [3.05, 3.63) is 30.1 Å². The lowest BCUT2D eigenvalue weighted by atomic mass is 10.2. The van der Waals surface area contributed by atoms with Gasteiger partial charge >= 0.3 is 5.97 Å². The van der Waals surface area contributed by atoms with E-state index in [9.17, 15) is 14.0 Å². The topological polar surface area (TPSA) is 79.6 Å². The van der Waals surface area contributed by atoms with Crippen LogP contribution in [0.1, 0.15) is 26.2 Å². The molecule has 7 heteroatoms. The second-order valence-corrected chi connectivity index (χ2v) is 5.46. The van der Waals surface area contributed by atoms with E-state index in [-0.39, 0.29) is 13.0 Å². The fraction of sp³-hybridized carbons (Fsp3) is 0.471. The molecule has 1 unspecified atom stereocenters. The third-order valence-electron chi connectivity index (χ3n) is 3.68. The van der Waals surface area contributed by atoms with Gasteiger partial charge in [-0.1, -0.05) is 0 Å². The van der Waals surface area contributed by atoms with Gasteiger partial charge in [0.15, 0.2) is 12.2 Å². The summed E-state index contributed by atoms with van der Waals surface area (Å²) in [4.78, 5) is 25.9. The van der Waals surface area contributed by atoms with Gasteiger partial charge in [0, 0.05) is 18.8 Å². The van der Waals surface area contributed by atoms with Crippen LogP contribution in [0.5, 0.6) is 0 Å². The summed E-state index contributed by atoms with van der Waals surface area (Å²) in [6.07, 6.45) is -0.179. The molecule has 2 atom stereocenters. The maximum atomic E-state index is 13.1. The number of halogens is 1. The number of benzene rings is 1. The molecule has 0 aliphatic carbocycles. The van der Waals surface area contributed by atoms with E-state index >= 15 is 0 Å². The van der Waals surface area contributed by atoms with E-state index in [4.69, 9.17) is 14.7 Å². The van der Waals surface area contributed by atoms with Gasteiger partial charge in [-0.2, -0.15) is 5.26 Å². The molecule has 24 heavy (non-hydrogen) atoms. The smallest absolute Gasteiger partial charge is 0.336 e. The van der Waals surface area contributed by atoms with Crippen LogP contribution in [0.2, 0.25) is 0 Å². The van der Waals surface area contributed by atoms with Crippen LogP contribution in [0.4, 0.5) is 10.1 Å². The van der Waals surface area contributed by atoms with Crippen molar-refractivity contribution in [2.75, 3.05) is 18.1 Å². The number of ether oxygens (including phenoxy) is 2. The van der Waals surface area contributed by atoms with Gasteiger partial charge in [0.25, 0.3) is 5.91 Å². The number of nitrogens with zero attached hydrogens (tertiary/aromatic N) is 2. The first-order valence-electron chi connectivity index (χ1n) is 7.79. The molecule has 6 nitrogen and oxygen atoms in total. The predicted molar refractivity (Wildman–Crippen MR) is 83.5 cm³/mol. The van der Waals surface area contributed by atoms with Gasteiger partial charge in [0.05, 0.1) is 12.5 Å². The molecule has 0 saturated carbocycles. The molecule has 0 N–H and O–H groups in total. The Balaban J connectivity index is 2.06. The lowest BCUT2D eigenvalue weighted by Gasteiger charge is -2.25. The highest BCUT2D eigenvalue weighted by molar-refractivity contribution is 5.97. The maximum Gasteiger partial charge on any atom is 0.336 e. The average molecular weight is 334 g/mol. The van der Waals surface area contributed by atoms with Crippen LogP contribution in [-0.4, -0.2) is 37.2 Å². The van der Waals surface area contributed by atoms with E-state index in [0.717, 1.165) is 6.42 Å². The molecule has 0 spiro atoms. The lowest BCUT2D eigenvalue weighted by Crippen LogP contribution is -2.42. The Morgan fingerprint density at radius 3 is 2.75 bits per heavy atom. The number of hydrogen-bond donors (Lipinski definition) is 0. The molecule has 1 aliphatic rings. The number of carbonyl (C=O) groups is 2. The summed E-state index contributed by atoms with van der Waals surface area (Å²) in [7, 11) is 0. The summed E-state index contributed by atoms with van der Waals surface area (Å²) in [6.45, 7) is 2.10. The lowest BCUT2D eigenvalue weighted by molar-refractivity contribution is -0.162. The Kier molecular flexibility index (Phi) is 6.27. The molecule has 1 aliphatic heterocycles. The molecule has 1 aromatic rings. The zero-order chi connectivity index (χ0) is 17.5. The summed E-state index contributed by atoms with van der Waals surface area (Å²) in [5, 5.41) is 8.77. The third-order valence-corrected chi connectivity index (χ3v) is 3.68. The van der Waals surface area contributed by atoms with Crippen LogP contribution < -0.4 is 4.90 Å². The highest BCUT2D eigenvalue weighted by Gasteiger charge is 2.30. The first-order valence-corrected chi connectivity index (χ1v) is 7.79. The van der Waals surface area contributed by atoms with Gasteiger partial charge in [-0.25, -0.2) is 9.18 Å². The summed E-state index contributed by atoms with van der Waals surface area (Å²) in [5.41, 5.74) is 0.441. The number of anilines is 1. The van der Waals surface area contributed by atoms with Crippen molar-refractivity contribution >= 4 is 17.6 Å². The molecule has 2 rings (SSSR count). The van der Waals surface area contributed by atoms with E-state index in [1.807, 2.05) is 6.07 Å². The maximum absolute atomic E-state index is 13.1. The molecule has 128 valence electrons. The monoisotopic (exact) mass is 334 g/mol. The van der Waals surface area contributed by atoms with Gasteiger partial charge in [-0.05, 0) is 44.0 Å². The van der Waals surface area contributed by atoms with Crippen molar-refractivity contribution in [1.82, 2.24) is 0 Å². The fourth-order valence-electron chi connectivity index (χ4n) is 2.43. The van der Waals surface area contributed by atoms with E-state index in [1.165, 1.54) is 36.1 Å². The van der Waals surface area contributed by atoms with E-state index in [0.29, 0.717) is 18.7 Å². The SMILES string of the molecule is CC(OC(=O)[C@@H]1CCCO1)C(=O)N(CCC#N)c1ccc(F)cc1. The zero-order valence-electron chi connectivity index (χ0n) is 13.4. The Morgan fingerprint density at radius 1 is 1.46 bits per heavy atom. The van der Waals surface area contributed by atoms with Crippen LogP contribution >= 0.6 is 0 Å². The van der Waals surface area contributed by atoms with Crippen LogP contribution in [0.15, 0.2) is 24.3 Å². The number of esters is 1. The minimum absolute atomic E-state index is 0.107. The second kappa shape index (κ2) is 8.41. The highest BCUT2D eigenvalue weighted by Crippen LogP contribution is 2.19. The summed E-state index contributed by atoms with van der Waals surface area (Å²) in [5.74, 6) is -1.46. The number of hydrogen-bond acceptors (Lipinski definition) is 5.